The molecule has 0 aliphatic heterocycles. The normalized spacial score (nSPS) is 12.4. The minimum Gasteiger partial charge on any atom is -0.369 e. The molecule has 1 aromatic carbocycles. The maximum atomic E-state index is 12.2. The van der Waals surface area contributed by atoms with Crippen LogP contribution in [-0.4, -0.2) is 20.9 Å². The molecule has 0 fully saturated rings. The second-order valence-corrected chi connectivity index (χ2v) is 7.11. The molecule has 0 aliphatic rings. The molecule has 112 valence electrons. The van der Waals surface area contributed by atoms with Crippen molar-refractivity contribution in [3.8, 4) is 0 Å². The quantitative estimate of drug-likeness (QED) is 0.698. The number of nitrogens with one attached hydrogen (secondary N) is 1. The predicted octanol–water partition coefficient (Wildman–Crippen LogP) is 0.244. The van der Waals surface area contributed by atoms with E-state index >= 15 is 0 Å². The highest BCUT2D eigenvalue weighted by atomic mass is 32.2. The van der Waals surface area contributed by atoms with Crippen molar-refractivity contribution < 1.29 is 13.2 Å². The average Bonchev–Trinajstić information content (AvgIpc) is 2.36. The second-order valence-electron chi connectivity index (χ2n) is 5.38. The number of benzene rings is 1. The third-order valence-corrected chi connectivity index (χ3v) is 4.70. The van der Waals surface area contributed by atoms with Crippen molar-refractivity contribution in [2.75, 3.05) is 6.54 Å². The Labute approximate surface area is 119 Å². The maximum Gasteiger partial charge on any atom is 0.240 e. The van der Waals surface area contributed by atoms with Crippen molar-refractivity contribution in [1.29, 1.82) is 0 Å². The molecule has 0 atom stereocenters. The molecule has 0 radical (unpaired) electrons. The Morgan fingerprint density at radius 2 is 1.95 bits per heavy atom. The van der Waals surface area contributed by atoms with Crippen molar-refractivity contribution >= 4 is 15.9 Å². The number of carbonyl (C=O) groups is 1. The van der Waals surface area contributed by atoms with Gasteiger partial charge in [-0.3, -0.25) is 4.79 Å². The van der Waals surface area contributed by atoms with E-state index in [0.717, 1.165) is 5.56 Å². The monoisotopic (exact) mass is 299 g/mol. The van der Waals surface area contributed by atoms with Crippen LogP contribution in [0.1, 0.15) is 25.0 Å². The zero-order valence-electron chi connectivity index (χ0n) is 11.9. The second kappa shape index (κ2) is 5.90. The van der Waals surface area contributed by atoms with Crippen molar-refractivity contribution in [3.63, 3.8) is 0 Å². The van der Waals surface area contributed by atoms with Gasteiger partial charge in [0.15, 0.2) is 0 Å². The van der Waals surface area contributed by atoms with Gasteiger partial charge in [-0.15, -0.1) is 0 Å². The fraction of sp³-hybridized carbons (Fsp3) is 0.462. The molecule has 20 heavy (non-hydrogen) atoms. The summed E-state index contributed by atoms with van der Waals surface area (Å²) in [5, 5.41) is 0. The SMILES string of the molecule is Cc1cc(CN)ccc1S(=O)(=O)NCC(C)(C)C(N)=O. The third-order valence-electron chi connectivity index (χ3n) is 3.14. The molecule has 0 aromatic heterocycles. The third kappa shape index (κ3) is 3.78. The predicted molar refractivity (Wildman–Crippen MR) is 77.2 cm³/mol. The van der Waals surface area contributed by atoms with Crippen LogP contribution in [0.2, 0.25) is 0 Å². The summed E-state index contributed by atoms with van der Waals surface area (Å²) in [7, 11) is -3.68. The summed E-state index contributed by atoms with van der Waals surface area (Å²) >= 11 is 0. The highest BCUT2D eigenvalue weighted by Crippen LogP contribution is 2.18. The van der Waals surface area contributed by atoms with Gasteiger partial charge in [0, 0.05) is 13.1 Å². The van der Waals surface area contributed by atoms with Crippen molar-refractivity contribution in [3.05, 3.63) is 29.3 Å². The van der Waals surface area contributed by atoms with Gasteiger partial charge in [-0.05, 0) is 38.0 Å². The van der Waals surface area contributed by atoms with Gasteiger partial charge in [0.05, 0.1) is 10.3 Å². The number of primary amides is 1. The maximum absolute atomic E-state index is 12.2. The van der Waals surface area contributed by atoms with Crippen LogP contribution in [-0.2, 0) is 21.4 Å². The fourth-order valence-electron chi connectivity index (χ4n) is 1.58. The molecule has 0 bridgehead atoms. The molecular weight excluding hydrogens is 278 g/mol. The van der Waals surface area contributed by atoms with Crippen LogP contribution in [0.15, 0.2) is 23.1 Å². The first-order valence-electron chi connectivity index (χ1n) is 6.19. The van der Waals surface area contributed by atoms with Gasteiger partial charge in [0.1, 0.15) is 0 Å². The Kier molecular flexibility index (Phi) is 4.90. The summed E-state index contributed by atoms with van der Waals surface area (Å²) in [6.07, 6.45) is 0. The Balaban J connectivity index is 2.98. The van der Waals surface area contributed by atoms with Gasteiger partial charge in [0.25, 0.3) is 0 Å². The lowest BCUT2D eigenvalue weighted by Gasteiger charge is -2.21. The van der Waals surface area contributed by atoms with Gasteiger partial charge in [-0.1, -0.05) is 12.1 Å². The van der Waals surface area contributed by atoms with E-state index in [1.165, 1.54) is 6.07 Å². The van der Waals surface area contributed by atoms with Crippen LogP contribution in [0, 0.1) is 12.3 Å². The summed E-state index contributed by atoms with van der Waals surface area (Å²) in [6.45, 7) is 5.17. The van der Waals surface area contributed by atoms with E-state index in [1.54, 1.807) is 32.9 Å². The number of hydrogen-bond acceptors (Lipinski definition) is 4. The van der Waals surface area contributed by atoms with Gasteiger partial charge in [0.2, 0.25) is 15.9 Å². The van der Waals surface area contributed by atoms with E-state index in [9.17, 15) is 13.2 Å². The fourth-order valence-corrected chi connectivity index (χ4v) is 3.02. The lowest BCUT2D eigenvalue weighted by Crippen LogP contribution is -2.42. The molecule has 0 saturated carbocycles. The molecule has 0 heterocycles. The summed E-state index contributed by atoms with van der Waals surface area (Å²) in [6, 6.07) is 4.91. The number of nitrogens with two attached hydrogens (primary N) is 2. The van der Waals surface area contributed by atoms with Crippen LogP contribution in [0.3, 0.4) is 0 Å². The van der Waals surface area contributed by atoms with Crippen molar-refractivity contribution in [1.82, 2.24) is 4.72 Å². The summed E-state index contributed by atoms with van der Waals surface area (Å²) in [4.78, 5) is 11.4. The van der Waals surface area contributed by atoms with E-state index in [1.807, 2.05) is 0 Å². The highest BCUT2D eigenvalue weighted by molar-refractivity contribution is 7.89. The topological polar surface area (TPSA) is 115 Å². The molecule has 1 rings (SSSR count). The van der Waals surface area contributed by atoms with Crippen LogP contribution in [0.25, 0.3) is 0 Å². The first-order chi connectivity index (χ1) is 9.10. The largest absolute Gasteiger partial charge is 0.369 e. The lowest BCUT2D eigenvalue weighted by atomic mass is 9.93. The van der Waals surface area contributed by atoms with Crippen LogP contribution < -0.4 is 16.2 Å². The van der Waals surface area contributed by atoms with Crippen LogP contribution in [0.4, 0.5) is 0 Å². The average molecular weight is 299 g/mol. The van der Waals surface area contributed by atoms with E-state index in [4.69, 9.17) is 11.5 Å². The Morgan fingerprint density at radius 3 is 2.40 bits per heavy atom. The zero-order chi connectivity index (χ0) is 15.6. The Hall–Kier alpha value is -1.44. The molecule has 0 unspecified atom stereocenters. The molecule has 7 heteroatoms. The summed E-state index contributed by atoms with van der Waals surface area (Å²) < 4.78 is 26.9. The van der Waals surface area contributed by atoms with Crippen molar-refractivity contribution in [2.24, 2.45) is 16.9 Å². The molecule has 5 N–H and O–H groups in total. The van der Waals surface area contributed by atoms with E-state index in [-0.39, 0.29) is 11.4 Å². The van der Waals surface area contributed by atoms with Gasteiger partial charge in [-0.25, -0.2) is 13.1 Å². The van der Waals surface area contributed by atoms with Gasteiger partial charge < -0.3 is 11.5 Å². The Bertz CT molecular complexity index is 609. The number of aryl methyl sites for hydroxylation is 1. The lowest BCUT2D eigenvalue weighted by molar-refractivity contribution is -0.125. The first-order valence-corrected chi connectivity index (χ1v) is 7.67. The van der Waals surface area contributed by atoms with Crippen LogP contribution in [0.5, 0.6) is 0 Å². The number of sulfonamides is 1. The van der Waals surface area contributed by atoms with Crippen molar-refractivity contribution in [2.45, 2.75) is 32.2 Å². The Morgan fingerprint density at radius 1 is 1.35 bits per heavy atom. The number of amides is 1. The molecule has 0 aliphatic carbocycles. The number of hydrogen-bond donors (Lipinski definition) is 3. The van der Waals surface area contributed by atoms with Gasteiger partial charge in [-0.2, -0.15) is 0 Å². The standard InChI is InChI=1S/C13H21N3O3S/c1-9-6-10(7-14)4-5-11(9)20(18,19)16-8-13(2,3)12(15)17/h4-6,16H,7-8,14H2,1-3H3,(H2,15,17). The minimum atomic E-state index is -3.68. The van der Waals surface area contributed by atoms with Crippen LogP contribution >= 0.6 is 0 Å². The molecule has 0 saturated heterocycles. The summed E-state index contributed by atoms with van der Waals surface area (Å²) in [5.41, 5.74) is 11.3. The highest BCUT2D eigenvalue weighted by Gasteiger charge is 2.28. The molecule has 6 nitrogen and oxygen atoms in total. The molecule has 1 amide bonds. The summed E-state index contributed by atoms with van der Waals surface area (Å²) in [5.74, 6) is -0.560. The number of carbonyl (C=O) groups excluding carboxylic acids is 1. The molecular formula is C13H21N3O3S. The molecule has 0 spiro atoms. The zero-order valence-corrected chi connectivity index (χ0v) is 12.8. The van der Waals surface area contributed by atoms with E-state index in [0.29, 0.717) is 12.1 Å². The number of rotatable bonds is 6. The van der Waals surface area contributed by atoms with E-state index < -0.39 is 21.3 Å². The van der Waals surface area contributed by atoms with E-state index in [2.05, 4.69) is 4.72 Å². The van der Waals surface area contributed by atoms with Gasteiger partial charge >= 0.3 is 0 Å². The smallest absolute Gasteiger partial charge is 0.240 e. The molecule has 1 aromatic rings. The first kappa shape index (κ1) is 16.6. The minimum absolute atomic E-state index is 0.0528.